The number of nitrogens with one attached hydrogen (secondary N) is 1. The molecule has 2 aromatic carbocycles. The van der Waals surface area contributed by atoms with E-state index >= 15 is 0 Å². The normalized spacial score (nSPS) is 18.4. The van der Waals surface area contributed by atoms with Crippen LogP contribution >= 0.6 is 0 Å². The molecule has 1 unspecified atom stereocenters. The average molecular weight is 269 g/mol. The summed E-state index contributed by atoms with van der Waals surface area (Å²) >= 11 is 0. The number of carbonyl (C=O) groups excluding carboxylic acids is 2. The van der Waals surface area contributed by atoms with E-state index in [-0.39, 0.29) is 24.2 Å². The molecule has 102 valence electrons. The third-order valence-electron chi connectivity index (χ3n) is 3.73. The molecular formula is C16H15NO3. The van der Waals surface area contributed by atoms with Gasteiger partial charge in [0.15, 0.2) is 0 Å². The van der Waals surface area contributed by atoms with Crippen LogP contribution in [0.5, 0.6) is 5.75 Å². The number of hydrogen-bond donors (Lipinski definition) is 1. The molecule has 4 heteroatoms. The molecule has 1 N–H and O–H groups in total. The maximum absolute atomic E-state index is 11.8. The molecule has 2 amide bonds. The van der Waals surface area contributed by atoms with Gasteiger partial charge in [0, 0.05) is 12.0 Å². The quantitative estimate of drug-likeness (QED) is 0.868. The van der Waals surface area contributed by atoms with Gasteiger partial charge in [-0.1, -0.05) is 30.3 Å². The summed E-state index contributed by atoms with van der Waals surface area (Å²) in [4.78, 5) is 23.1. The highest BCUT2D eigenvalue weighted by Gasteiger charge is 2.31. The molecular weight excluding hydrogens is 254 g/mol. The molecule has 1 aliphatic heterocycles. The van der Waals surface area contributed by atoms with E-state index in [9.17, 15) is 9.59 Å². The van der Waals surface area contributed by atoms with Crippen LogP contribution in [0.15, 0.2) is 36.4 Å². The highest BCUT2D eigenvalue weighted by molar-refractivity contribution is 6.03. The van der Waals surface area contributed by atoms with Crippen molar-refractivity contribution >= 4 is 22.6 Å². The van der Waals surface area contributed by atoms with Gasteiger partial charge in [0.25, 0.3) is 0 Å². The summed E-state index contributed by atoms with van der Waals surface area (Å²) in [6.07, 6.45) is 0.771. The molecule has 0 bridgehead atoms. The van der Waals surface area contributed by atoms with Gasteiger partial charge in [0.2, 0.25) is 11.8 Å². The molecule has 1 fully saturated rings. The molecule has 0 aromatic heterocycles. The summed E-state index contributed by atoms with van der Waals surface area (Å²) in [5.74, 6) is 0.0715. The lowest BCUT2D eigenvalue weighted by Crippen LogP contribution is -2.23. The summed E-state index contributed by atoms with van der Waals surface area (Å²) in [6.45, 7) is 0. The van der Waals surface area contributed by atoms with E-state index < -0.39 is 0 Å². The standard InChI is InChI=1S/C16H15NO3/c1-20-14-7-6-10-4-2-3-5-12(10)13(14)8-11-9-15(18)17-16(11)19/h2-7,11H,8-9H2,1H3,(H,17,18,19). The zero-order valence-corrected chi connectivity index (χ0v) is 11.2. The van der Waals surface area contributed by atoms with Gasteiger partial charge in [-0.05, 0) is 23.3 Å². The maximum atomic E-state index is 11.8. The van der Waals surface area contributed by atoms with E-state index in [4.69, 9.17) is 4.74 Å². The fourth-order valence-electron chi connectivity index (χ4n) is 2.74. The Morgan fingerprint density at radius 2 is 2.00 bits per heavy atom. The van der Waals surface area contributed by atoms with Crippen LogP contribution in [-0.4, -0.2) is 18.9 Å². The van der Waals surface area contributed by atoms with Crippen LogP contribution in [0.2, 0.25) is 0 Å². The number of hydrogen-bond acceptors (Lipinski definition) is 3. The lowest BCUT2D eigenvalue weighted by Gasteiger charge is -2.14. The first kappa shape index (κ1) is 12.7. The van der Waals surface area contributed by atoms with Gasteiger partial charge in [-0.15, -0.1) is 0 Å². The fraction of sp³-hybridized carbons (Fsp3) is 0.250. The third-order valence-corrected chi connectivity index (χ3v) is 3.73. The second kappa shape index (κ2) is 4.96. The number of rotatable bonds is 3. The van der Waals surface area contributed by atoms with Crippen molar-refractivity contribution < 1.29 is 14.3 Å². The van der Waals surface area contributed by atoms with E-state index in [1.807, 2.05) is 36.4 Å². The van der Waals surface area contributed by atoms with Gasteiger partial charge in [-0.2, -0.15) is 0 Å². The Kier molecular flexibility index (Phi) is 3.14. The van der Waals surface area contributed by atoms with Crippen molar-refractivity contribution in [2.75, 3.05) is 7.11 Å². The van der Waals surface area contributed by atoms with Crippen molar-refractivity contribution in [3.63, 3.8) is 0 Å². The van der Waals surface area contributed by atoms with E-state index in [0.717, 1.165) is 22.1 Å². The number of amides is 2. The Morgan fingerprint density at radius 1 is 1.20 bits per heavy atom. The van der Waals surface area contributed by atoms with Crippen LogP contribution in [0, 0.1) is 5.92 Å². The van der Waals surface area contributed by atoms with Crippen molar-refractivity contribution in [3.8, 4) is 5.75 Å². The Bertz CT molecular complexity index is 693. The van der Waals surface area contributed by atoms with Gasteiger partial charge in [0.1, 0.15) is 5.75 Å². The highest BCUT2D eigenvalue weighted by Crippen LogP contribution is 2.31. The first-order valence-electron chi connectivity index (χ1n) is 6.57. The van der Waals surface area contributed by atoms with Crippen molar-refractivity contribution in [2.24, 2.45) is 5.92 Å². The number of ether oxygens (including phenoxy) is 1. The zero-order valence-electron chi connectivity index (χ0n) is 11.2. The molecule has 0 spiro atoms. The lowest BCUT2D eigenvalue weighted by atomic mass is 9.93. The molecule has 3 rings (SSSR count). The molecule has 1 saturated heterocycles. The monoisotopic (exact) mass is 269 g/mol. The highest BCUT2D eigenvalue weighted by atomic mass is 16.5. The lowest BCUT2D eigenvalue weighted by molar-refractivity contribution is -0.125. The molecule has 0 radical (unpaired) electrons. The Hall–Kier alpha value is -2.36. The smallest absolute Gasteiger partial charge is 0.230 e. The Labute approximate surface area is 116 Å². The molecule has 20 heavy (non-hydrogen) atoms. The molecule has 1 heterocycles. The second-order valence-electron chi connectivity index (χ2n) is 4.99. The van der Waals surface area contributed by atoms with Gasteiger partial charge in [-0.25, -0.2) is 0 Å². The zero-order chi connectivity index (χ0) is 14.1. The first-order chi connectivity index (χ1) is 9.69. The van der Waals surface area contributed by atoms with Crippen molar-refractivity contribution in [1.82, 2.24) is 5.32 Å². The van der Waals surface area contributed by atoms with Gasteiger partial charge >= 0.3 is 0 Å². The Balaban J connectivity index is 2.05. The van der Waals surface area contributed by atoms with Crippen LogP contribution in [0.3, 0.4) is 0 Å². The van der Waals surface area contributed by atoms with E-state index in [1.54, 1.807) is 7.11 Å². The predicted molar refractivity (Wildman–Crippen MR) is 75.5 cm³/mol. The average Bonchev–Trinajstić information content (AvgIpc) is 2.77. The number of carbonyl (C=O) groups is 2. The summed E-state index contributed by atoms with van der Waals surface area (Å²) in [5, 5.41) is 4.53. The molecule has 2 aromatic rings. The second-order valence-corrected chi connectivity index (χ2v) is 4.99. The van der Waals surface area contributed by atoms with Crippen molar-refractivity contribution in [3.05, 3.63) is 42.0 Å². The molecule has 0 saturated carbocycles. The Morgan fingerprint density at radius 3 is 2.70 bits per heavy atom. The third kappa shape index (κ3) is 2.13. The molecule has 1 aliphatic rings. The topological polar surface area (TPSA) is 55.4 Å². The molecule has 1 atom stereocenters. The van der Waals surface area contributed by atoms with Crippen LogP contribution in [0.1, 0.15) is 12.0 Å². The number of fused-ring (bicyclic) bond motifs is 1. The number of imide groups is 1. The van der Waals surface area contributed by atoms with Crippen LogP contribution in [-0.2, 0) is 16.0 Å². The van der Waals surface area contributed by atoms with E-state index in [1.165, 1.54) is 0 Å². The van der Waals surface area contributed by atoms with Gasteiger partial charge < -0.3 is 4.74 Å². The summed E-state index contributed by atoms with van der Waals surface area (Å²) in [6, 6.07) is 11.9. The first-order valence-corrected chi connectivity index (χ1v) is 6.57. The number of methoxy groups -OCH3 is 1. The molecule has 4 nitrogen and oxygen atoms in total. The van der Waals surface area contributed by atoms with Gasteiger partial charge in [-0.3, -0.25) is 14.9 Å². The largest absolute Gasteiger partial charge is 0.496 e. The summed E-state index contributed by atoms with van der Waals surface area (Å²) < 4.78 is 5.41. The van der Waals surface area contributed by atoms with E-state index in [0.29, 0.717) is 6.42 Å². The minimum atomic E-state index is -0.304. The minimum absolute atomic E-state index is 0.190. The van der Waals surface area contributed by atoms with Crippen LogP contribution in [0.4, 0.5) is 0 Å². The summed E-state index contributed by atoms with van der Waals surface area (Å²) in [5.41, 5.74) is 0.987. The molecule has 0 aliphatic carbocycles. The minimum Gasteiger partial charge on any atom is -0.496 e. The fourth-order valence-corrected chi connectivity index (χ4v) is 2.74. The number of benzene rings is 2. The van der Waals surface area contributed by atoms with Crippen LogP contribution < -0.4 is 10.1 Å². The van der Waals surface area contributed by atoms with Crippen molar-refractivity contribution in [2.45, 2.75) is 12.8 Å². The van der Waals surface area contributed by atoms with Crippen molar-refractivity contribution in [1.29, 1.82) is 0 Å². The summed E-state index contributed by atoms with van der Waals surface area (Å²) in [7, 11) is 1.62. The van der Waals surface area contributed by atoms with Crippen LogP contribution in [0.25, 0.3) is 10.8 Å². The van der Waals surface area contributed by atoms with E-state index in [2.05, 4.69) is 5.32 Å². The SMILES string of the molecule is COc1ccc2ccccc2c1CC1CC(=O)NC1=O. The van der Waals surface area contributed by atoms with Gasteiger partial charge in [0.05, 0.1) is 13.0 Å². The maximum Gasteiger partial charge on any atom is 0.230 e. The predicted octanol–water partition coefficient (Wildman–Crippen LogP) is 2.05.